The van der Waals surface area contributed by atoms with Crippen LogP contribution in [0.2, 0.25) is 0 Å². The van der Waals surface area contributed by atoms with Crippen molar-refractivity contribution in [2.75, 3.05) is 6.61 Å². The van der Waals surface area contributed by atoms with Crippen LogP contribution < -0.4 is 4.74 Å². The first-order valence-electron chi connectivity index (χ1n) is 8.24. The molecule has 1 atom stereocenters. The van der Waals surface area contributed by atoms with E-state index in [0.717, 1.165) is 11.1 Å². The number of aromatic nitrogens is 2. The molecule has 0 saturated heterocycles. The van der Waals surface area contributed by atoms with Gasteiger partial charge in [0.25, 0.3) is 0 Å². The van der Waals surface area contributed by atoms with Crippen LogP contribution in [-0.2, 0) is 22.6 Å². The Morgan fingerprint density at radius 3 is 2.88 bits per heavy atom. The zero-order valence-corrected chi connectivity index (χ0v) is 14.3. The van der Waals surface area contributed by atoms with Gasteiger partial charge in [0, 0.05) is 24.4 Å². The van der Waals surface area contributed by atoms with Crippen LogP contribution in [-0.4, -0.2) is 33.3 Å². The summed E-state index contributed by atoms with van der Waals surface area (Å²) < 4.78 is 17.3. The highest BCUT2D eigenvalue weighted by atomic mass is 16.7. The molecular formula is C17H19N3O6. The van der Waals surface area contributed by atoms with E-state index in [2.05, 4.69) is 4.98 Å². The second-order valence-electron chi connectivity index (χ2n) is 6.02. The number of nitro groups is 1. The Kier molecular flexibility index (Phi) is 5.35. The van der Waals surface area contributed by atoms with Crippen molar-refractivity contribution in [2.24, 2.45) is 0 Å². The molecule has 26 heavy (non-hydrogen) atoms. The predicted octanol–water partition coefficient (Wildman–Crippen LogP) is 2.99. The Hall–Kier alpha value is -3.10. The van der Waals surface area contributed by atoms with Crippen LogP contribution in [0.25, 0.3) is 0 Å². The van der Waals surface area contributed by atoms with Crippen molar-refractivity contribution in [1.29, 1.82) is 0 Å². The molecule has 138 valence electrons. The Morgan fingerprint density at radius 2 is 2.15 bits per heavy atom. The number of hydrogen-bond acceptors (Lipinski definition) is 7. The summed E-state index contributed by atoms with van der Waals surface area (Å²) in [5.74, 6) is -0.239. The Labute approximate surface area is 149 Å². The maximum absolute atomic E-state index is 11.6. The number of aryl methyl sites for hydroxylation is 2. The third-order valence-electron chi connectivity index (χ3n) is 4.02. The quantitative estimate of drug-likeness (QED) is 0.442. The lowest BCUT2D eigenvalue weighted by molar-refractivity contribution is -0.389. The molecule has 3 rings (SSSR count). The number of rotatable bonds is 6. The van der Waals surface area contributed by atoms with E-state index >= 15 is 0 Å². The zero-order valence-electron chi connectivity index (χ0n) is 14.3. The molecule has 9 nitrogen and oxygen atoms in total. The first-order chi connectivity index (χ1) is 12.5. The predicted molar refractivity (Wildman–Crippen MR) is 89.8 cm³/mol. The van der Waals surface area contributed by atoms with E-state index < -0.39 is 11.1 Å². The lowest BCUT2D eigenvalue weighted by Gasteiger charge is -2.21. The summed E-state index contributed by atoms with van der Waals surface area (Å²) in [6.45, 7) is 2.84. The molecule has 1 aliphatic heterocycles. The van der Waals surface area contributed by atoms with Gasteiger partial charge in [-0.3, -0.25) is 4.57 Å². The van der Waals surface area contributed by atoms with Crippen LogP contribution in [0.4, 0.5) is 10.6 Å². The molecular weight excluding hydrogens is 342 g/mol. The Bertz CT molecular complexity index is 786. The largest absolute Gasteiger partial charge is 0.508 e. The van der Waals surface area contributed by atoms with E-state index in [4.69, 9.17) is 14.2 Å². The summed E-state index contributed by atoms with van der Waals surface area (Å²) in [5, 5.41) is 10.7. The third kappa shape index (κ3) is 4.50. The highest BCUT2D eigenvalue weighted by molar-refractivity contribution is 5.59. The molecule has 0 spiro atoms. The van der Waals surface area contributed by atoms with Gasteiger partial charge >= 0.3 is 18.0 Å². The summed E-state index contributed by atoms with van der Waals surface area (Å²) in [6, 6.07) is 7.88. The third-order valence-corrected chi connectivity index (χ3v) is 4.02. The van der Waals surface area contributed by atoms with Gasteiger partial charge in [-0.25, -0.2) is 4.79 Å². The maximum atomic E-state index is 11.6. The topological polar surface area (TPSA) is 106 Å². The van der Waals surface area contributed by atoms with Crippen LogP contribution in [0.5, 0.6) is 6.01 Å². The molecule has 0 fully saturated rings. The molecule has 2 heterocycles. The number of ether oxygens (including phenoxy) is 3. The molecule has 1 unspecified atom stereocenters. The second-order valence-corrected chi connectivity index (χ2v) is 6.02. The number of benzene rings is 1. The van der Waals surface area contributed by atoms with Gasteiger partial charge < -0.3 is 24.3 Å². The molecule has 9 heteroatoms. The van der Waals surface area contributed by atoms with Crippen LogP contribution in [0.1, 0.15) is 24.0 Å². The Balaban J connectivity index is 1.38. The number of nitrogens with zero attached hydrogens (tertiary/aromatic N) is 3. The van der Waals surface area contributed by atoms with E-state index in [1.54, 1.807) is 4.57 Å². The summed E-state index contributed by atoms with van der Waals surface area (Å²) >= 11 is 0. The van der Waals surface area contributed by atoms with E-state index in [9.17, 15) is 14.9 Å². The molecule has 2 aromatic rings. The fourth-order valence-corrected chi connectivity index (χ4v) is 2.56. The Morgan fingerprint density at radius 1 is 1.38 bits per heavy atom. The van der Waals surface area contributed by atoms with Gasteiger partial charge in [0.15, 0.2) is 0 Å². The number of imidazole rings is 1. The highest BCUT2D eigenvalue weighted by Gasteiger charge is 2.28. The molecule has 1 aromatic heterocycles. The summed E-state index contributed by atoms with van der Waals surface area (Å²) in [6.07, 6.45) is 1.51. The van der Waals surface area contributed by atoms with E-state index in [0.29, 0.717) is 19.4 Å². The van der Waals surface area contributed by atoms with E-state index in [1.165, 1.54) is 6.20 Å². The van der Waals surface area contributed by atoms with Gasteiger partial charge in [0.1, 0.15) is 18.9 Å². The average Bonchev–Trinajstić information content (AvgIpc) is 3.05. The highest BCUT2D eigenvalue weighted by Crippen LogP contribution is 2.25. The summed E-state index contributed by atoms with van der Waals surface area (Å²) in [5.41, 5.74) is 2.02. The van der Waals surface area contributed by atoms with Gasteiger partial charge in [0.2, 0.25) is 0 Å². The lowest BCUT2D eigenvalue weighted by atomic mass is 10.2. The maximum Gasteiger partial charge on any atom is 0.508 e. The molecule has 0 amide bonds. The number of carbonyl (C=O) groups excluding carboxylic acids is 1. The number of hydrogen-bond donors (Lipinski definition) is 0. The fourth-order valence-electron chi connectivity index (χ4n) is 2.56. The first-order valence-corrected chi connectivity index (χ1v) is 8.24. The van der Waals surface area contributed by atoms with Crippen molar-refractivity contribution >= 4 is 12.0 Å². The standard InChI is InChI=1S/C17H19N3O6/c1-12-2-4-13(5-3-12)11-25-17(21)24-9-7-14-6-8-19-10-15(20(22)23)18-16(19)26-14/h2-5,10,14H,6-9,11H2,1H3. The van der Waals surface area contributed by atoms with Gasteiger partial charge in [-0.15, -0.1) is 0 Å². The molecule has 1 aliphatic rings. The second kappa shape index (κ2) is 7.85. The van der Waals surface area contributed by atoms with Crippen molar-refractivity contribution in [3.05, 3.63) is 51.7 Å². The lowest BCUT2D eigenvalue weighted by Crippen LogP contribution is -2.27. The summed E-state index contributed by atoms with van der Waals surface area (Å²) in [7, 11) is 0. The van der Waals surface area contributed by atoms with Crippen LogP contribution in [0.15, 0.2) is 30.5 Å². The summed E-state index contributed by atoms with van der Waals surface area (Å²) in [4.78, 5) is 25.6. The molecule has 0 bridgehead atoms. The smallest absolute Gasteiger partial charge is 0.442 e. The minimum atomic E-state index is -0.737. The molecule has 1 aromatic carbocycles. The van der Waals surface area contributed by atoms with Crippen molar-refractivity contribution in [1.82, 2.24) is 9.55 Å². The molecule has 0 N–H and O–H groups in total. The molecule has 0 saturated carbocycles. The monoisotopic (exact) mass is 361 g/mol. The van der Waals surface area contributed by atoms with Crippen LogP contribution in [0, 0.1) is 17.0 Å². The van der Waals surface area contributed by atoms with Crippen LogP contribution >= 0.6 is 0 Å². The van der Waals surface area contributed by atoms with Gasteiger partial charge in [-0.2, -0.15) is 0 Å². The SMILES string of the molecule is Cc1ccc(COC(=O)OCCC2CCn3cc([N+](=O)[O-])nc3O2)cc1. The minimum Gasteiger partial charge on any atom is -0.442 e. The molecule has 0 aliphatic carbocycles. The van der Waals surface area contributed by atoms with Gasteiger partial charge in [-0.05, 0) is 17.4 Å². The zero-order chi connectivity index (χ0) is 18.5. The number of carbonyl (C=O) groups is 1. The van der Waals surface area contributed by atoms with Crippen molar-refractivity contribution in [3.63, 3.8) is 0 Å². The fraction of sp³-hybridized carbons (Fsp3) is 0.412. The van der Waals surface area contributed by atoms with Gasteiger partial charge in [0.05, 0.1) is 6.61 Å². The van der Waals surface area contributed by atoms with Crippen molar-refractivity contribution in [2.45, 2.75) is 39.0 Å². The van der Waals surface area contributed by atoms with Crippen LogP contribution in [0.3, 0.4) is 0 Å². The van der Waals surface area contributed by atoms with E-state index in [1.807, 2.05) is 31.2 Å². The first kappa shape index (κ1) is 17.7. The average molecular weight is 361 g/mol. The minimum absolute atomic E-state index is 0.139. The van der Waals surface area contributed by atoms with Crippen molar-refractivity contribution in [3.8, 4) is 6.01 Å². The number of fused-ring (bicyclic) bond motifs is 1. The van der Waals surface area contributed by atoms with Crippen molar-refractivity contribution < 1.29 is 23.9 Å². The molecule has 0 radical (unpaired) electrons. The van der Waals surface area contributed by atoms with E-state index in [-0.39, 0.29) is 31.1 Å². The van der Waals surface area contributed by atoms with Gasteiger partial charge in [-0.1, -0.05) is 29.8 Å². The normalized spacial score (nSPS) is 15.7.